The average Bonchev–Trinajstić information content (AvgIpc) is 2.72. The third-order valence-electron chi connectivity index (χ3n) is 6.67. The molecule has 1 aromatic carbocycles. The van der Waals surface area contributed by atoms with E-state index in [2.05, 4.69) is 11.7 Å². The highest BCUT2D eigenvalue weighted by molar-refractivity contribution is 5.25. The first-order valence-electron chi connectivity index (χ1n) is 11.1. The standard InChI is InChI=1S/C23H31F5O2/c1-2-3-4-5-15-6-8-16(9-7-15)17-10-11-21(29-14-17)23(27,28)30-18-12-19(24)22(26)20(25)13-18/h12-13,15-17,21H,2-11,14H2,1H3. The molecular formula is C23H31F5O2. The molecule has 1 saturated heterocycles. The second-order valence-electron chi connectivity index (χ2n) is 8.80. The Kier molecular flexibility index (Phi) is 7.99. The van der Waals surface area contributed by atoms with E-state index < -0.39 is 35.4 Å². The van der Waals surface area contributed by atoms with Crippen LogP contribution in [-0.4, -0.2) is 18.8 Å². The number of alkyl halides is 2. The van der Waals surface area contributed by atoms with Gasteiger partial charge in [0, 0.05) is 12.1 Å². The van der Waals surface area contributed by atoms with Crippen molar-refractivity contribution in [2.45, 2.75) is 83.3 Å². The van der Waals surface area contributed by atoms with Crippen LogP contribution < -0.4 is 4.74 Å². The second-order valence-corrected chi connectivity index (χ2v) is 8.80. The molecule has 7 heteroatoms. The highest BCUT2D eigenvalue weighted by atomic mass is 19.3. The summed E-state index contributed by atoms with van der Waals surface area (Å²) in [6, 6.07) is 0.827. The van der Waals surface area contributed by atoms with Gasteiger partial charge >= 0.3 is 6.11 Å². The Hall–Kier alpha value is -1.37. The van der Waals surface area contributed by atoms with E-state index in [1.165, 1.54) is 38.5 Å². The van der Waals surface area contributed by atoms with Crippen LogP contribution in [0, 0.1) is 35.2 Å². The van der Waals surface area contributed by atoms with Gasteiger partial charge in [0.15, 0.2) is 23.6 Å². The van der Waals surface area contributed by atoms with Gasteiger partial charge in [0.25, 0.3) is 0 Å². The number of hydrogen-bond acceptors (Lipinski definition) is 2. The number of benzene rings is 1. The molecule has 2 nitrogen and oxygen atoms in total. The van der Waals surface area contributed by atoms with Gasteiger partial charge in [-0.15, -0.1) is 0 Å². The maximum atomic E-state index is 14.4. The molecule has 2 atom stereocenters. The second kappa shape index (κ2) is 10.3. The number of ether oxygens (including phenoxy) is 2. The van der Waals surface area contributed by atoms with Gasteiger partial charge in [-0.2, -0.15) is 8.78 Å². The Labute approximate surface area is 175 Å². The Balaban J connectivity index is 1.47. The van der Waals surface area contributed by atoms with Crippen molar-refractivity contribution in [1.82, 2.24) is 0 Å². The summed E-state index contributed by atoms with van der Waals surface area (Å²) in [4.78, 5) is 0. The van der Waals surface area contributed by atoms with Gasteiger partial charge in [0.1, 0.15) is 5.75 Å². The van der Waals surface area contributed by atoms with E-state index in [0.717, 1.165) is 18.8 Å². The van der Waals surface area contributed by atoms with E-state index in [-0.39, 0.29) is 18.9 Å². The molecule has 0 bridgehead atoms. The van der Waals surface area contributed by atoms with E-state index in [0.29, 0.717) is 24.5 Å². The summed E-state index contributed by atoms with van der Waals surface area (Å²) in [7, 11) is 0. The Morgan fingerprint density at radius 1 is 0.933 bits per heavy atom. The predicted octanol–water partition coefficient (Wildman–Crippen LogP) is 7.26. The Bertz CT molecular complexity index is 657. The summed E-state index contributed by atoms with van der Waals surface area (Å²) in [5.41, 5.74) is 0. The van der Waals surface area contributed by atoms with E-state index in [9.17, 15) is 22.0 Å². The SMILES string of the molecule is CCCCCC1CCC(C2CCC(C(F)(F)Oc3cc(F)c(F)c(F)c3)OC2)CC1. The van der Waals surface area contributed by atoms with Gasteiger partial charge < -0.3 is 9.47 Å². The maximum Gasteiger partial charge on any atom is 0.424 e. The summed E-state index contributed by atoms with van der Waals surface area (Å²) < 4.78 is 78.3. The van der Waals surface area contributed by atoms with Crippen molar-refractivity contribution in [1.29, 1.82) is 0 Å². The highest BCUT2D eigenvalue weighted by Gasteiger charge is 2.46. The lowest BCUT2D eigenvalue weighted by atomic mass is 9.73. The van der Waals surface area contributed by atoms with Crippen molar-refractivity contribution in [3.63, 3.8) is 0 Å². The van der Waals surface area contributed by atoms with E-state index in [4.69, 9.17) is 4.74 Å². The van der Waals surface area contributed by atoms with Crippen LogP contribution in [0.15, 0.2) is 12.1 Å². The summed E-state index contributed by atoms with van der Waals surface area (Å²) >= 11 is 0. The van der Waals surface area contributed by atoms with Crippen molar-refractivity contribution in [3.05, 3.63) is 29.6 Å². The fourth-order valence-corrected chi connectivity index (χ4v) is 4.85. The molecule has 2 aliphatic rings. The van der Waals surface area contributed by atoms with Gasteiger partial charge in [-0.1, -0.05) is 45.4 Å². The summed E-state index contributed by atoms with van der Waals surface area (Å²) in [6.45, 7) is 2.44. The van der Waals surface area contributed by atoms with E-state index in [1.807, 2.05) is 0 Å². The fourth-order valence-electron chi connectivity index (χ4n) is 4.85. The molecule has 170 valence electrons. The quantitative estimate of drug-likeness (QED) is 0.244. The molecule has 1 aliphatic carbocycles. The van der Waals surface area contributed by atoms with Gasteiger partial charge in [-0.05, 0) is 43.4 Å². The lowest BCUT2D eigenvalue weighted by molar-refractivity contribution is -0.266. The lowest BCUT2D eigenvalue weighted by Gasteiger charge is -2.39. The first-order valence-corrected chi connectivity index (χ1v) is 11.1. The zero-order chi connectivity index (χ0) is 21.7. The monoisotopic (exact) mass is 434 g/mol. The average molecular weight is 434 g/mol. The molecule has 0 spiro atoms. The Morgan fingerprint density at radius 2 is 1.57 bits per heavy atom. The smallest absolute Gasteiger partial charge is 0.424 e. The summed E-state index contributed by atoms with van der Waals surface area (Å²) in [6.07, 6.45) is 5.22. The van der Waals surface area contributed by atoms with Crippen LogP contribution in [-0.2, 0) is 4.74 Å². The minimum atomic E-state index is -3.75. The van der Waals surface area contributed by atoms with Gasteiger partial charge in [-0.25, -0.2) is 13.2 Å². The number of rotatable bonds is 8. The highest BCUT2D eigenvalue weighted by Crippen LogP contribution is 2.41. The molecule has 2 fully saturated rings. The van der Waals surface area contributed by atoms with Crippen LogP contribution >= 0.6 is 0 Å². The topological polar surface area (TPSA) is 18.5 Å². The molecular weight excluding hydrogens is 403 g/mol. The van der Waals surface area contributed by atoms with Crippen LogP contribution in [0.25, 0.3) is 0 Å². The van der Waals surface area contributed by atoms with E-state index in [1.54, 1.807) is 0 Å². The number of hydrogen-bond donors (Lipinski definition) is 0. The van der Waals surface area contributed by atoms with Crippen LogP contribution in [0.5, 0.6) is 5.75 Å². The van der Waals surface area contributed by atoms with E-state index >= 15 is 0 Å². The van der Waals surface area contributed by atoms with Crippen LogP contribution in [0.3, 0.4) is 0 Å². The molecule has 3 rings (SSSR count). The molecule has 1 saturated carbocycles. The predicted molar refractivity (Wildman–Crippen MR) is 104 cm³/mol. The zero-order valence-electron chi connectivity index (χ0n) is 17.4. The molecule has 0 aromatic heterocycles. The van der Waals surface area contributed by atoms with Crippen molar-refractivity contribution in [2.75, 3.05) is 6.61 Å². The normalized spacial score (nSPS) is 27.8. The Morgan fingerprint density at radius 3 is 2.13 bits per heavy atom. The van der Waals surface area contributed by atoms with Crippen LogP contribution in [0.4, 0.5) is 22.0 Å². The first kappa shape index (κ1) is 23.3. The van der Waals surface area contributed by atoms with Crippen molar-refractivity contribution in [3.8, 4) is 5.75 Å². The summed E-state index contributed by atoms with van der Waals surface area (Å²) in [5.74, 6) is -4.07. The largest absolute Gasteiger partial charge is 0.430 e. The minimum Gasteiger partial charge on any atom is -0.430 e. The fraction of sp³-hybridized carbons (Fsp3) is 0.739. The van der Waals surface area contributed by atoms with Crippen molar-refractivity contribution in [2.24, 2.45) is 17.8 Å². The third-order valence-corrected chi connectivity index (χ3v) is 6.67. The molecule has 1 heterocycles. The number of halogens is 5. The molecule has 0 radical (unpaired) electrons. The van der Waals surface area contributed by atoms with Gasteiger partial charge in [0.2, 0.25) is 0 Å². The van der Waals surface area contributed by atoms with Crippen LogP contribution in [0.1, 0.15) is 71.1 Å². The van der Waals surface area contributed by atoms with Crippen molar-refractivity contribution >= 4 is 0 Å². The summed E-state index contributed by atoms with van der Waals surface area (Å²) in [5, 5.41) is 0. The molecule has 30 heavy (non-hydrogen) atoms. The molecule has 2 unspecified atom stereocenters. The van der Waals surface area contributed by atoms with Crippen molar-refractivity contribution < 1.29 is 31.4 Å². The number of unbranched alkanes of at least 4 members (excludes halogenated alkanes) is 2. The molecule has 0 N–H and O–H groups in total. The molecule has 1 aliphatic heterocycles. The van der Waals surface area contributed by atoms with Crippen LogP contribution in [0.2, 0.25) is 0 Å². The molecule has 0 amide bonds. The zero-order valence-corrected chi connectivity index (χ0v) is 17.4. The minimum absolute atomic E-state index is 0.111. The third kappa shape index (κ3) is 5.86. The van der Waals surface area contributed by atoms with Gasteiger partial charge in [-0.3, -0.25) is 0 Å². The lowest BCUT2D eigenvalue weighted by Crippen LogP contribution is -2.45. The first-order chi connectivity index (χ1) is 14.3. The molecule has 1 aromatic rings. The maximum absolute atomic E-state index is 14.4. The van der Waals surface area contributed by atoms with Gasteiger partial charge in [0.05, 0.1) is 6.61 Å².